The van der Waals surface area contributed by atoms with Crippen molar-refractivity contribution in [3.63, 3.8) is 0 Å². The van der Waals surface area contributed by atoms with Gasteiger partial charge in [0.15, 0.2) is 0 Å². The summed E-state index contributed by atoms with van der Waals surface area (Å²) in [6, 6.07) is 11.6. The molecule has 0 aliphatic carbocycles. The van der Waals surface area contributed by atoms with E-state index in [0.29, 0.717) is 5.75 Å². The molecule has 0 saturated carbocycles. The molecule has 0 radical (unpaired) electrons. The fourth-order valence-electron chi connectivity index (χ4n) is 1.97. The number of benzene rings is 2. The molecule has 0 spiro atoms. The van der Waals surface area contributed by atoms with Crippen LogP contribution in [0, 0.1) is 5.82 Å². The summed E-state index contributed by atoms with van der Waals surface area (Å²) in [7, 11) is -2.40. The Hall–Kier alpha value is -2.34. The molecule has 4 nitrogen and oxygen atoms in total. The Bertz CT molecular complexity index is 757. The van der Waals surface area contributed by atoms with Crippen LogP contribution in [-0.4, -0.2) is 22.1 Å². The summed E-state index contributed by atoms with van der Waals surface area (Å²) in [6.07, 6.45) is 1.41. The molecule has 0 saturated heterocycles. The molecule has 22 heavy (non-hydrogen) atoms. The van der Waals surface area contributed by atoms with E-state index >= 15 is 0 Å². The van der Waals surface area contributed by atoms with E-state index in [9.17, 15) is 12.8 Å². The zero-order valence-corrected chi connectivity index (χ0v) is 12.9. The summed E-state index contributed by atoms with van der Waals surface area (Å²) < 4.78 is 45.5. The molecule has 0 N–H and O–H groups in total. The molecule has 2 aromatic rings. The van der Waals surface area contributed by atoms with E-state index < -0.39 is 15.8 Å². The first-order valence-electron chi connectivity index (χ1n) is 6.53. The number of ether oxygens (including phenoxy) is 1. The maximum absolute atomic E-state index is 14.0. The zero-order valence-electron chi connectivity index (χ0n) is 12.1. The number of rotatable bonds is 6. The highest BCUT2D eigenvalue weighted by Gasteiger charge is 2.25. The Labute approximate surface area is 129 Å². The van der Waals surface area contributed by atoms with Crippen LogP contribution in [0.25, 0.3) is 0 Å². The van der Waals surface area contributed by atoms with Crippen molar-refractivity contribution in [3.8, 4) is 5.75 Å². The number of nitrogens with zero attached hydrogens (tertiary/aromatic N) is 1. The smallest absolute Gasteiger partial charge is 0.264 e. The average Bonchev–Trinajstić information content (AvgIpc) is 2.53. The SMILES string of the molecule is C=CCN(c1ccccc1F)S(=O)(=O)c1ccc(OC)cc1. The lowest BCUT2D eigenvalue weighted by Gasteiger charge is -2.23. The number of sulfonamides is 1. The monoisotopic (exact) mass is 321 g/mol. The van der Waals surface area contributed by atoms with Gasteiger partial charge in [0.25, 0.3) is 10.0 Å². The van der Waals surface area contributed by atoms with Gasteiger partial charge in [0.2, 0.25) is 0 Å². The average molecular weight is 321 g/mol. The number of halogens is 1. The van der Waals surface area contributed by atoms with Crippen molar-refractivity contribution in [2.75, 3.05) is 18.0 Å². The number of para-hydroxylation sites is 1. The van der Waals surface area contributed by atoms with E-state index in [2.05, 4.69) is 6.58 Å². The van der Waals surface area contributed by atoms with Gasteiger partial charge in [0.05, 0.1) is 24.2 Å². The van der Waals surface area contributed by atoms with E-state index in [-0.39, 0.29) is 17.1 Å². The van der Waals surface area contributed by atoms with Gasteiger partial charge in [-0.25, -0.2) is 12.8 Å². The van der Waals surface area contributed by atoms with Gasteiger partial charge < -0.3 is 4.74 Å². The molecular weight excluding hydrogens is 305 g/mol. The molecule has 0 aromatic heterocycles. The highest BCUT2D eigenvalue weighted by Crippen LogP contribution is 2.27. The largest absolute Gasteiger partial charge is 0.497 e. The van der Waals surface area contributed by atoms with Crippen LogP contribution in [0.3, 0.4) is 0 Å². The molecule has 0 amide bonds. The van der Waals surface area contributed by atoms with Gasteiger partial charge >= 0.3 is 0 Å². The fraction of sp³-hybridized carbons (Fsp3) is 0.125. The van der Waals surface area contributed by atoms with Gasteiger partial charge in [-0.2, -0.15) is 0 Å². The van der Waals surface area contributed by atoms with E-state index in [4.69, 9.17) is 4.74 Å². The Balaban J connectivity index is 2.50. The van der Waals surface area contributed by atoms with E-state index in [1.54, 1.807) is 18.2 Å². The van der Waals surface area contributed by atoms with Crippen molar-refractivity contribution in [1.29, 1.82) is 0 Å². The topological polar surface area (TPSA) is 46.6 Å². The number of hydrogen-bond donors (Lipinski definition) is 0. The first-order valence-corrected chi connectivity index (χ1v) is 7.97. The first-order chi connectivity index (χ1) is 10.5. The standard InChI is InChI=1S/C16H16FNO3S/c1-3-12-18(16-7-5-4-6-15(16)17)22(19,20)14-10-8-13(21-2)9-11-14/h3-11H,1,12H2,2H3. The minimum atomic E-state index is -3.90. The summed E-state index contributed by atoms with van der Waals surface area (Å²) in [6.45, 7) is 3.51. The molecule has 0 atom stereocenters. The summed E-state index contributed by atoms with van der Waals surface area (Å²) >= 11 is 0. The molecule has 0 fully saturated rings. The van der Waals surface area contributed by atoms with Crippen LogP contribution in [0.2, 0.25) is 0 Å². The minimum absolute atomic E-state index is 0.0155. The summed E-state index contributed by atoms with van der Waals surface area (Å²) in [5, 5.41) is 0. The summed E-state index contributed by atoms with van der Waals surface area (Å²) in [5.74, 6) is -0.0680. The normalized spacial score (nSPS) is 11.0. The van der Waals surface area contributed by atoms with Crippen LogP contribution in [0.5, 0.6) is 5.75 Å². The third-order valence-corrected chi connectivity index (χ3v) is 4.86. The molecule has 0 aliphatic rings. The van der Waals surface area contributed by atoms with Crippen molar-refractivity contribution in [2.45, 2.75) is 4.90 Å². The Morgan fingerprint density at radius 1 is 1.18 bits per heavy atom. The minimum Gasteiger partial charge on any atom is -0.497 e. The van der Waals surface area contributed by atoms with Gasteiger partial charge in [-0.3, -0.25) is 4.31 Å². The molecule has 0 bridgehead atoms. The first kappa shape index (κ1) is 16.0. The molecule has 2 aromatic carbocycles. The molecule has 0 unspecified atom stereocenters. The zero-order chi connectivity index (χ0) is 16.2. The van der Waals surface area contributed by atoms with Crippen LogP contribution >= 0.6 is 0 Å². The highest BCUT2D eigenvalue weighted by molar-refractivity contribution is 7.92. The van der Waals surface area contributed by atoms with Crippen molar-refractivity contribution in [2.24, 2.45) is 0 Å². The molecule has 0 aliphatic heterocycles. The Morgan fingerprint density at radius 3 is 2.36 bits per heavy atom. The highest BCUT2D eigenvalue weighted by atomic mass is 32.2. The number of hydrogen-bond acceptors (Lipinski definition) is 3. The van der Waals surface area contributed by atoms with Crippen molar-refractivity contribution in [1.82, 2.24) is 0 Å². The van der Waals surface area contributed by atoms with Crippen LogP contribution in [0.1, 0.15) is 0 Å². The second-order valence-corrected chi connectivity index (χ2v) is 6.31. The lowest BCUT2D eigenvalue weighted by atomic mass is 10.3. The Kier molecular flexibility index (Phi) is 4.82. The van der Waals surface area contributed by atoms with Crippen LogP contribution in [0.4, 0.5) is 10.1 Å². The van der Waals surface area contributed by atoms with E-state index in [1.165, 1.54) is 43.5 Å². The van der Waals surface area contributed by atoms with Gasteiger partial charge in [0, 0.05) is 0 Å². The maximum Gasteiger partial charge on any atom is 0.264 e. The van der Waals surface area contributed by atoms with Crippen LogP contribution in [-0.2, 0) is 10.0 Å². The molecule has 6 heteroatoms. The lowest BCUT2D eigenvalue weighted by molar-refractivity contribution is 0.414. The van der Waals surface area contributed by atoms with Crippen LogP contribution in [0.15, 0.2) is 66.1 Å². The second kappa shape index (κ2) is 6.62. The Morgan fingerprint density at radius 2 is 1.82 bits per heavy atom. The maximum atomic E-state index is 14.0. The third kappa shape index (κ3) is 3.12. The summed E-state index contributed by atoms with van der Waals surface area (Å²) in [5.41, 5.74) is -0.0155. The van der Waals surface area contributed by atoms with Crippen LogP contribution < -0.4 is 9.04 Å². The van der Waals surface area contributed by atoms with E-state index in [0.717, 1.165) is 4.31 Å². The number of methoxy groups -OCH3 is 1. The predicted octanol–water partition coefficient (Wildman–Crippen LogP) is 3.22. The van der Waals surface area contributed by atoms with Crippen molar-refractivity contribution < 1.29 is 17.5 Å². The molecule has 116 valence electrons. The lowest BCUT2D eigenvalue weighted by Crippen LogP contribution is -2.31. The number of anilines is 1. The summed E-state index contributed by atoms with van der Waals surface area (Å²) in [4.78, 5) is 0.0541. The molecule has 0 heterocycles. The fourth-order valence-corrected chi connectivity index (χ4v) is 3.42. The third-order valence-electron chi connectivity index (χ3n) is 3.06. The van der Waals surface area contributed by atoms with Gasteiger partial charge in [0.1, 0.15) is 11.6 Å². The van der Waals surface area contributed by atoms with Crippen molar-refractivity contribution in [3.05, 3.63) is 67.0 Å². The quantitative estimate of drug-likeness (QED) is 0.768. The molecular formula is C16H16FNO3S. The van der Waals surface area contributed by atoms with Gasteiger partial charge in [-0.15, -0.1) is 6.58 Å². The van der Waals surface area contributed by atoms with E-state index in [1.807, 2.05) is 0 Å². The van der Waals surface area contributed by atoms with Crippen molar-refractivity contribution >= 4 is 15.7 Å². The predicted molar refractivity (Wildman–Crippen MR) is 84.1 cm³/mol. The second-order valence-electron chi connectivity index (χ2n) is 4.45. The van der Waals surface area contributed by atoms with Gasteiger partial charge in [-0.1, -0.05) is 18.2 Å². The van der Waals surface area contributed by atoms with Gasteiger partial charge in [-0.05, 0) is 36.4 Å². The molecule has 2 rings (SSSR count).